The van der Waals surface area contributed by atoms with E-state index in [2.05, 4.69) is 20.9 Å². The Morgan fingerprint density at radius 2 is 1.91 bits per heavy atom. The molecule has 1 atom stereocenters. The lowest BCUT2D eigenvalue weighted by Crippen LogP contribution is -2.26. The molecule has 0 radical (unpaired) electrons. The van der Waals surface area contributed by atoms with Gasteiger partial charge in [0, 0.05) is 23.9 Å². The molecule has 3 heterocycles. The molecule has 0 saturated heterocycles. The number of ether oxygens (including phenoxy) is 3. The summed E-state index contributed by atoms with van der Waals surface area (Å²) in [5.41, 5.74) is 1.26. The SMILES string of the molecule is O=C(NC1=C2Oc3ccc(Oc4ccnc5c4COC(=O)N5)cc3[C@@H]12)Nc1cc(F)c(F)cc1F. The molecular weight excluding hydrogens is 469 g/mol. The van der Waals surface area contributed by atoms with Crippen molar-refractivity contribution in [3.8, 4) is 17.2 Å². The van der Waals surface area contributed by atoms with Crippen LogP contribution < -0.4 is 25.4 Å². The maximum atomic E-state index is 13.8. The average molecular weight is 482 g/mol. The van der Waals surface area contributed by atoms with Crippen LogP contribution in [0.3, 0.4) is 0 Å². The Kier molecular flexibility index (Phi) is 4.56. The summed E-state index contributed by atoms with van der Waals surface area (Å²) in [5.74, 6) is -1.73. The predicted octanol–water partition coefficient (Wildman–Crippen LogP) is 4.88. The number of hydrogen-bond acceptors (Lipinski definition) is 6. The van der Waals surface area contributed by atoms with Gasteiger partial charge >= 0.3 is 12.1 Å². The van der Waals surface area contributed by atoms with Gasteiger partial charge < -0.3 is 24.8 Å². The average Bonchev–Trinajstić information content (AvgIpc) is 3.33. The van der Waals surface area contributed by atoms with E-state index in [9.17, 15) is 22.8 Å². The molecule has 0 unspecified atom stereocenters. The quantitative estimate of drug-likeness (QED) is 0.458. The Bertz CT molecular complexity index is 1480. The number of allylic oxidation sites excluding steroid dienone is 2. The first-order chi connectivity index (χ1) is 16.9. The zero-order valence-corrected chi connectivity index (χ0v) is 17.4. The normalized spacial score (nSPS) is 16.8. The number of fused-ring (bicyclic) bond motifs is 4. The molecule has 1 aromatic heterocycles. The third kappa shape index (κ3) is 3.64. The minimum atomic E-state index is -1.36. The maximum Gasteiger partial charge on any atom is 0.413 e. The maximum absolute atomic E-state index is 13.8. The van der Waals surface area contributed by atoms with E-state index in [1.165, 1.54) is 6.20 Å². The summed E-state index contributed by atoms with van der Waals surface area (Å²) in [6.07, 6.45) is 0.897. The zero-order chi connectivity index (χ0) is 24.3. The molecule has 3 N–H and O–H groups in total. The summed E-state index contributed by atoms with van der Waals surface area (Å²) in [7, 11) is 0. The van der Waals surface area contributed by atoms with Gasteiger partial charge in [0.1, 0.15) is 41.2 Å². The highest BCUT2D eigenvalue weighted by Gasteiger charge is 2.49. The van der Waals surface area contributed by atoms with Crippen LogP contribution in [0.5, 0.6) is 17.2 Å². The Morgan fingerprint density at radius 3 is 2.77 bits per heavy atom. The Hall–Kier alpha value is -4.74. The van der Waals surface area contributed by atoms with Crippen molar-refractivity contribution in [3.63, 3.8) is 0 Å². The number of aromatic nitrogens is 1. The number of nitrogens with one attached hydrogen (secondary N) is 3. The molecule has 2 aromatic carbocycles. The van der Waals surface area contributed by atoms with Gasteiger partial charge in [0.25, 0.3) is 0 Å². The van der Waals surface area contributed by atoms with Crippen LogP contribution >= 0.6 is 0 Å². The molecule has 3 aliphatic rings. The van der Waals surface area contributed by atoms with E-state index in [1.54, 1.807) is 24.3 Å². The number of nitrogens with zero attached hydrogens (tertiary/aromatic N) is 1. The molecule has 2 aliphatic heterocycles. The van der Waals surface area contributed by atoms with Crippen molar-refractivity contribution in [2.45, 2.75) is 12.5 Å². The van der Waals surface area contributed by atoms with E-state index in [-0.39, 0.29) is 12.5 Å². The van der Waals surface area contributed by atoms with Crippen LogP contribution in [-0.2, 0) is 11.3 Å². The number of carbonyl (C=O) groups is 2. The van der Waals surface area contributed by atoms with Gasteiger partial charge in [0.15, 0.2) is 11.6 Å². The van der Waals surface area contributed by atoms with E-state index >= 15 is 0 Å². The van der Waals surface area contributed by atoms with Crippen molar-refractivity contribution in [2.75, 3.05) is 10.6 Å². The molecule has 12 heteroatoms. The molecular formula is C23H13F3N4O5. The van der Waals surface area contributed by atoms with Gasteiger partial charge in [-0.3, -0.25) is 5.32 Å². The molecule has 6 rings (SSSR count). The van der Waals surface area contributed by atoms with Gasteiger partial charge in [-0.15, -0.1) is 0 Å². The lowest BCUT2D eigenvalue weighted by Gasteiger charge is -2.19. The van der Waals surface area contributed by atoms with Crippen LogP contribution in [0.4, 0.5) is 34.3 Å². The second-order valence-corrected chi connectivity index (χ2v) is 7.78. The van der Waals surface area contributed by atoms with Crippen molar-refractivity contribution in [2.24, 2.45) is 0 Å². The molecule has 9 nitrogen and oxygen atoms in total. The highest BCUT2D eigenvalue weighted by Crippen LogP contribution is 2.56. The molecule has 1 aliphatic carbocycles. The largest absolute Gasteiger partial charge is 0.458 e. The molecule has 0 fully saturated rings. The second-order valence-electron chi connectivity index (χ2n) is 7.78. The number of cyclic esters (lactones) is 1. The summed E-state index contributed by atoms with van der Waals surface area (Å²) in [6, 6.07) is 6.85. The molecule has 35 heavy (non-hydrogen) atoms. The number of rotatable bonds is 4. The Morgan fingerprint density at radius 1 is 1.09 bits per heavy atom. The third-order valence-electron chi connectivity index (χ3n) is 5.56. The standard InChI is InChI=1S/C23H13F3N4O5/c24-12-6-14(26)15(7-13(12)25)28-22(31)29-19-18-10-5-9(1-2-16(10)35-20(18)19)34-17-3-4-27-21-11(17)8-33-23(32)30-21/h1-7,18H,8H2,(H,27,30,32)(H2,28,29,31)/t18-/m0/s1. The lowest BCUT2D eigenvalue weighted by atomic mass is 10.1. The lowest BCUT2D eigenvalue weighted by molar-refractivity contribution is 0.150. The van der Waals surface area contributed by atoms with Crippen molar-refractivity contribution in [1.29, 1.82) is 0 Å². The number of anilines is 2. The van der Waals surface area contributed by atoms with Gasteiger partial charge in [-0.2, -0.15) is 0 Å². The zero-order valence-electron chi connectivity index (χ0n) is 17.4. The van der Waals surface area contributed by atoms with Gasteiger partial charge in [0.05, 0.1) is 22.9 Å². The minimum Gasteiger partial charge on any atom is -0.458 e. The van der Waals surface area contributed by atoms with Crippen molar-refractivity contribution >= 4 is 23.6 Å². The third-order valence-corrected chi connectivity index (χ3v) is 5.56. The summed E-state index contributed by atoms with van der Waals surface area (Å²) in [5, 5.41) is 7.19. The van der Waals surface area contributed by atoms with Crippen LogP contribution in [0.1, 0.15) is 17.0 Å². The molecule has 3 aromatic rings. The molecule has 0 spiro atoms. The minimum absolute atomic E-state index is 0.00838. The van der Waals surface area contributed by atoms with Crippen molar-refractivity contribution < 1.29 is 37.0 Å². The second kappa shape index (κ2) is 7.65. The van der Waals surface area contributed by atoms with Crippen LogP contribution in [-0.4, -0.2) is 17.1 Å². The smallest absolute Gasteiger partial charge is 0.413 e. The summed E-state index contributed by atoms with van der Waals surface area (Å²) >= 11 is 0. The Balaban J connectivity index is 1.16. The summed E-state index contributed by atoms with van der Waals surface area (Å²) in [4.78, 5) is 27.8. The first-order valence-corrected chi connectivity index (χ1v) is 10.3. The van der Waals surface area contributed by atoms with Gasteiger partial charge in [0.2, 0.25) is 0 Å². The molecule has 0 saturated carbocycles. The first kappa shape index (κ1) is 20.8. The van der Waals surface area contributed by atoms with Crippen LogP contribution in [0.25, 0.3) is 0 Å². The van der Waals surface area contributed by atoms with E-state index in [1.807, 2.05) is 0 Å². The van der Waals surface area contributed by atoms with E-state index in [4.69, 9.17) is 14.2 Å². The van der Waals surface area contributed by atoms with Crippen LogP contribution in [0, 0.1) is 17.5 Å². The highest BCUT2D eigenvalue weighted by molar-refractivity contribution is 5.92. The highest BCUT2D eigenvalue weighted by atomic mass is 19.2. The monoisotopic (exact) mass is 482 g/mol. The number of pyridine rings is 1. The summed E-state index contributed by atoms with van der Waals surface area (Å²) in [6.45, 7) is 0.00838. The number of carbonyl (C=O) groups excluding carboxylic acids is 2. The van der Waals surface area contributed by atoms with E-state index in [0.717, 1.165) is 5.56 Å². The van der Waals surface area contributed by atoms with Crippen LogP contribution in [0.15, 0.2) is 54.1 Å². The van der Waals surface area contributed by atoms with Gasteiger partial charge in [-0.25, -0.2) is 27.7 Å². The van der Waals surface area contributed by atoms with Crippen molar-refractivity contribution in [1.82, 2.24) is 10.3 Å². The van der Waals surface area contributed by atoms with Crippen LogP contribution in [0.2, 0.25) is 0 Å². The number of halogens is 3. The number of hydrogen-bond donors (Lipinski definition) is 3. The van der Waals surface area contributed by atoms with E-state index < -0.39 is 35.3 Å². The summed E-state index contributed by atoms with van der Waals surface area (Å²) < 4.78 is 56.9. The molecule has 3 amide bonds. The van der Waals surface area contributed by atoms with Gasteiger partial charge in [-0.05, 0) is 24.3 Å². The van der Waals surface area contributed by atoms with Gasteiger partial charge in [-0.1, -0.05) is 0 Å². The topological polar surface area (TPSA) is 111 Å². The number of benzene rings is 2. The predicted molar refractivity (Wildman–Crippen MR) is 113 cm³/mol. The van der Waals surface area contributed by atoms with E-state index in [0.29, 0.717) is 52.2 Å². The fourth-order valence-electron chi connectivity index (χ4n) is 3.88. The molecule has 0 bridgehead atoms. The fourth-order valence-corrected chi connectivity index (χ4v) is 3.88. The number of amides is 3. The fraction of sp³-hybridized carbons (Fsp3) is 0.0870. The van der Waals surface area contributed by atoms with Crippen molar-refractivity contribution in [3.05, 3.63) is 82.6 Å². The molecule has 176 valence electrons. The number of urea groups is 1. The first-order valence-electron chi connectivity index (χ1n) is 10.3. The Labute approximate surface area is 194 Å².